The molecule has 132 valence electrons. The van der Waals surface area contributed by atoms with E-state index in [4.69, 9.17) is 4.74 Å². The van der Waals surface area contributed by atoms with E-state index in [9.17, 15) is 4.79 Å². The Morgan fingerprint density at radius 1 is 1.20 bits per heavy atom. The molecule has 0 spiro atoms. The first kappa shape index (κ1) is 17.4. The summed E-state index contributed by atoms with van der Waals surface area (Å²) < 4.78 is 5.05. The monoisotopic (exact) mass is 340 g/mol. The summed E-state index contributed by atoms with van der Waals surface area (Å²) in [5.41, 5.74) is 2.51. The number of piperidine rings is 1. The smallest absolute Gasteiger partial charge is 0.343 e. The van der Waals surface area contributed by atoms with E-state index in [-0.39, 0.29) is 0 Å². The van der Waals surface area contributed by atoms with Crippen molar-refractivity contribution < 1.29 is 9.53 Å². The SMILES string of the molecule is CCOC(=O)c1cncnc1Nc1ccc(CN2CCCCC2)cc1. The molecule has 0 saturated carbocycles. The van der Waals surface area contributed by atoms with Gasteiger partial charge in [0.25, 0.3) is 0 Å². The number of benzene rings is 1. The maximum absolute atomic E-state index is 12.0. The molecule has 1 fully saturated rings. The minimum Gasteiger partial charge on any atom is -0.462 e. The molecule has 6 nitrogen and oxygen atoms in total. The number of hydrogen-bond acceptors (Lipinski definition) is 6. The van der Waals surface area contributed by atoms with Crippen molar-refractivity contribution in [1.82, 2.24) is 14.9 Å². The number of carbonyl (C=O) groups is 1. The fourth-order valence-corrected chi connectivity index (χ4v) is 2.99. The number of nitrogens with zero attached hydrogens (tertiary/aromatic N) is 3. The number of carbonyl (C=O) groups excluding carboxylic acids is 1. The molecule has 3 rings (SSSR count). The summed E-state index contributed by atoms with van der Waals surface area (Å²) in [5, 5.41) is 3.18. The third-order valence-electron chi connectivity index (χ3n) is 4.28. The van der Waals surface area contributed by atoms with Crippen LogP contribution in [0.2, 0.25) is 0 Å². The van der Waals surface area contributed by atoms with Gasteiger partial charge in [-0.15, -0.1) is 0 Å². The summed E-state index contributed by atoms with van der Waals surface area (Å²) in [4.78, 5) is 22.6. The number of likely N-dealkylation sites (tertiary alicyclic amines) is 1. The van der Waals surface area contributed by atoms with Crippen LogP contribution in [0.4, 0.5) is 11.5 Å². The fraction of sp³-hybridized carbons (Fsp3) is 0.421. The average molecular weight is 340 g/mol. The molecule has 1 aliphatic heterocycles. The van der Waals surface area contributed by atoms with Gasteiger partial charge in [0.2, 0.25) is 0 Å². The lowest BCUT2D eigenvalue weighted by Gasteiger charge is -2.26. The van der Waals surface area contributed by atoms with Crippen LogP contribution in [0.1, 0.15) is 42.1 Å². The van der Waals surface area contributed by atoms with E-state index >= 15 is 0 Å². The van der Waals surface area contributed by atoms with Crippen molar-refractivity contribution >= 4 is 17.5 Å². The van der Waals surface area contributed by atoms with Crippen molar-refractivity contribution in [3.05, 3.63) is 47.9 Å². The Morgan fingerprint density at radius 2 is 1.96 bits per heavy atom. The lowest BCUT2D eigenvalue weighted by atomic mass is 10.1. The molecule has 1 aromatic carbocycles. The third-order valence-corrected chi connectivity index (χ3v) is 4.28. The van der Waals surface area contributed by atoms with Gasteiger partial charge in [-0.05, 0) is 50.6 Å². The van der Waals surface area contributed by atoms with Gasteiger partial charge < -0.3 is 10.1 Å². The van der Waals surface area contributed by atoms with Gasteiger partial charge in [-0.1, -0.05) is 18.6 Å². The predicted octanol–water partition coefficient (Wildman–Crippen LogP) is 3.38. The van der Waals surface area contributed by atoms with Crippen molar-refractivity contribution in [2.24, 2.45) is 0 Å². The van der Waals surface area contributed by atoms with Gasteiger partial charge in [0.1, 0.15) is 17.7 Å². The molecule has 2 aromatic rings. The van der Waals surface area contributed by atoms with Gasteiger partial charge in [0.05, 0.1) is 6.61 Å². The zero-order valence-corrected chi connectivity index (χ0v) is 14.6. The first-order valence-corrected chi connectivity index (χ1v) is 8.81. The molecule has 0 aliphatic carbocycles. The number of nitrogens with one attached hydrogen (secondary N) is 1. The molecule has 0 atom stereocenters. The van der Waals surface area contributed by atoms with E-state index < -0.39 is 5.97 Å². The Balaban J connectivity index is 1.66. The molecule has 0 unspecified atom stereocenters. The van der Waals surface area contributed by atoms with E-state index in [0.717, 1.165) is 12.2 Å². The number of esters is 1. The van der Waals surface area contributed by atoms with Crippen LogP contribution in [0.15, 0.2) is 36.8 Å². The third kappa shape index (κ3) is 4.76. The minimum absolute atomic E-state index is 0.318. The second kappa shape index (κ2) is 8.58. The van der Waals surface area contributed by atoms with E-state index in [0.29, 0.717) is 18.0 Å². The number of anilines is 2. The molecular weight excluding hydrogens is 316 g/mol. The van der Waals surface area contributed by atoms with Gasteiger partial charge in [0.15, 0.2) is 0 Å². The maximum atomic E-state index is 12.0. The standard InChI is InChI=1S/C19H24N4O2/c1-2-25-19(24)17-12-20-14-21-18(17)22-16-8-6-15(7-9-16)13-23-10-4-3-5-11-23/h6-9,12,14H,2-5,10-11,13H2,1H3,(H,20,21,22). The lowest BCUT2D eigenvalue weighted by molar-refractivity contribution is 0.0526. The first-order chi connectivity index (χ1) is 12.3. The van der Waals surface area contributed by atoms with Crippen LogP contribution >= 0.6 is 0 Å². The number of hydrogen-bond donors (Lipinski definition) is 1. The van der Waals surface area contributed by atoms with Crippen LogP contribution in [0.5, 0.6) is 0 Å². The molecule has 1 aliphatic rings. The van der Waals surface area contributed by atoms with Crippen LogP contribution in [-0.2, 0) is 11.3 Å². The Kier molecular flexibility index (Phi) is 5.95. The van der Waals surface area contributed by atoms with Gasteiger partial charge >= 0.3 is 5.97 Å². The summed E-state index contributed by atoms with van der Waals surface area (Å²) in [6, 6.07) is 8.25. The van der Waals surface area contributed by atoms with E-state index in [1.165, 1.54) is 50.4 Å². The van der Waals surface area contributed by atoms with Crippen molar-refractivity contribution in [2.75, 3.05) is 25.0 Å². The fourth-order valence-electron chi connectivity index (χ4n) is 2.99. The van der Waals surface area contributed by atoms with Gasteiger partial charge in [-0.2, -0.15) is 0 Å². The van der Waals surface area contributed by atoms with Gasteiger partial charge in [-0.25, -0.2) is 14.8 Å². The molecule has 1 N–H and O–H groups in total. The second-order valence-corrected chi connectivity index (χ2v) is 6.16. The Labute approximate surface area is 148 Å². The van der Waals surface area contributed by atoms with Crippen LogP contribution in [0.3, 0.4) is 0 Å². The first-order valence-electron chi connectivity index (χ1n) is 8.81. The molecule has 0 amide bonds. The number of rotatable bonds is 6. The van der Waals surface area contributed by atoms with E-state index in [1.807, 2.05) is 12.1 Å². The zero-order valence-electron chi connectivity index (χ0n) is 14.6. The van der Waals surface area contributed by atoms with Crippen molar-refractivity contribution in [3.63, 3.8) is 0 Å². The maximum Gasteiger partial charge on any atom is 0.343 e. The Bertz CT molecular complexity index is 697. The highest BCUT2D eigenvalue weighted by Crippen LogP contribution is 2.20. The van der Waals surface area contributed by atoms with Crippen LogP contribution in [-0.4, -0.2) is 40.5 Å². The van der Waals surface area contributed by atoms with Gasteiger partial charge in [-0.3, -0.25) is 4.90 Å². The summed E-state index contributed by atoms with van der Waals surface area (Å²) in [7, 11) is 0. The molecule has 25 heavy (non-hydrogen) atoms. The average Bonchev–Trinajstić information content (AvgIpc) is 2.65. The molecular formula is C19H24N4O2. The number of ether oxygens (including phenoxy) is 1. The topological polar surface area (TPSA) is 67.3 Å². The molecule has 1 saturated heterocycles. The van der Waals surface area contributed by atoms with E-state index in [2.05, 4.69) is 32.3 Å². The molecule has 0 radical (unpaired) electrons. The van der Waals surface area contributed by atoms with Gasteiger partial charge in [0, 0.05) is 18.4 Å². The van der Waals surface area contributed by atoms with E-state index in [1.54, 1.807) is 6.92 Å². The zero-order chi connectivity index (χ0) is 17.5. The second-order valence-electron chi connectivity index (χ2n) is 6.16. The summed E-state index contributed by atoms with van der Waals surface area (Å²) in [5.74, 6) is 0.0320. The highest BCUT2D eigenvalue weighted by atomic mass is 16.5. The number of aromatic nitrogens is 2. The molecule has 6 heteroatoms. The highest BCUT2D eigenvalue weighted by molar-refractivity contribution is 5.95. The van der Waals surface area contributed by atoms with Crippen molar-refractivity contribution in [3.8, 4) is 0 Å². The summed E-state index contributed by atoms with van der Waals surface area (Å²) >= 11 is 0. The van der Waals surface area contributed by atoms with Crippen LogP contribution < -0.4 is 5.32 Å². The minimum atomic E-state index is -0.424. The molecule has 0 bridgehead atoms. The Morgan fingerprint density at radius 3 is 2.68 bits per heavy atom. The van der Waals surface area contributed by atoms with Crippen molar-refractivity contribution in [1.29, 1.82) is 0 Å². The normalized spacial score (nSPS) is 14.9. The van der Waals surface area contributed by atoms with Crippen LogP contribution in [0, 0.1) is 0 Å². The molecule has 2 heterocycles. The predicted molar refractivity (Wildman–Crippen MR) is 96.8 cm³/mol. The van der Waals surface area contributed by atoms with Crippen LogP contribution in [0.25, 0.3) is 0 Å². The largest absolute Gasteiger partial charge is 0.462 e. The quantitative estimate of drug-likeness (QED) is 0.813. The molecule has 1 aromatic heterocycles. The highest BCUT2D eigenvalue weighted by Gasteiger charge is 2.14. The lowest BCUT2D eigenvalue weighted by Crippen LogP contribution is -2.29. The summed E-state index contributed by atoms with van der Waals surface area (Å²) in [6.07, 6.45) is 6.82. The van der Waals surface area contributed by atoms with Crippen molar-refractivity contribution in [2.45, 2.75) is 32.7 Å². The summed E-state index contributed by atoms with van der Waals surface area (Å²) in [6.45, 7) is 5.45. The Hall–Kier alpha value is -2.47.